The van der Waals surface area contributed by atoms with Gasteiger partial charge >= 0.3 is 0 Å². The predicted octanol–water partition coefficient (Wildman–Crippen LogP) is 0.680. The van der Waals surface area contributed by atoms with Crippen molar-refractivity contribution in [2.75, 3.05) is 19.6 Å². The number of nitrogens with two attached hydrogens (primary N) is 1. The molecule has 0 saturated carbocycles. The van der Waals surface area contributed by atoms with Gasteiger partial charge in [-0.25, -0.2) is 0 Å². The standard InChI is InChI=1S/C10H25N3O2S/c1-4-7-8-10(9-11)12-16(14,15)13(5-2)6-3/h10,12H,4-9,11H2,1-3H3. The fraction of sp³-hybridized carbons (Fsp3) is 1.00. The Labute approximate surface area is 99.6 Å². The van der Waals surface area contributed by atoms with Crippen molar-refractivity contribution in [2.45, 2.75) is 46.1 Å². The van der Waals surface area contributed by atoms with Gasteiger partial charge in [0, 0.05) is 25.7 Å². The van der Waals surface area contributed by atoms with Crippen LogP contribution in [0.15, 0.2) is 0 Å². The van der Waals surface area contributed by atoms with E-state index in [1.54, 1.807) is 0 Å². The molecule has 0 aromatic rings. The zero-order valence-electron chi connectivity index (χ0n) is 10.6. The number of unbranched alkanes of at least 4 members (excludes halogenated alkanes) is 1. The second-order valence-corrected chi connectivity index (χ2v) is 5.48. The van der Waals surface area contributed by atoms with Gasteiger partial charge in [-0.2, -0.15) is 17.4 Å². The molecule has 0 aromatic heterocycles. The van der Waals surface area contributed by atoms with Crippen molar-refractivity contribution >= 4 is 10.2 Å². The van der Waals surface area contributed by atoms with Gasteiger partial charge < -0.3 is 5.73 Å². The number of hydrogen-bond acceptors (Lipinski definition) is 3. The summed E-state index contributed by atoms with van der Waals surface area (Å²) in [4.78, 5) is 0. The van der Waals surface area contributed by atoms with Crippen molar-refractivity contribution in [3.8, 4) is 0 Å². The van der Waals surface area contributed by atoms with Gasteiger partial charge in [-0.05, 0) is 6.42 Å². The van der Waals surface area contributed by atoms with E-state index in [2.05, 4.69) is 11.6 Å². The minimum atomic E-state index is -3.36. The zero-order valence-corrected chi connectivity index (χ0v) is 11.4. The van der Waals surface area contributed by atoms with E-state index in [-0.39, 0.29) is 6.04 Å². The van der Waals surface area contributed by atoms with Crippen LogP contribution < -0.4 is 10.5 Å². The van der Waals surface area contributed by atoms with Gasteiger partial charge in [0.2, 0.25) is 0 Å². The Bertz CT molecular complexity index is 263. The zero-order chi connectivity index (χ0) is 12.6. The summed E-state index contributed by atoms with van der Waals surface area (Å²) in [6, 6.07) is -0.148. The lowest BCUT2D eigenvalue weighted by molar-refractivity contribution is 0.419. The number of nitrogens with one attached hydrogen (secondary N) is 1. The third kappa shape index (κ3) is 5.25. The minimum absolute atomic E-state index is 0.148. The highest BCUT2D eigenvalue weighted by Crippen LogP contribution is 2.04. The average molecular weight is 251 g/mol. The molecule has 0 saturated heterocycles. The van der Waals surface area contributed by atoms with Crippen LogP contribution in [0.1, 0.15) is 40.0 Å². The summed E-state index contributed by atoms with van der Waals surface area (Å²) in [5.74, 6) is 0. The van der Waals surface area contributed by atoms with E-state index < -0.39 is 10.2 Å². The smallest absolute Gasteiger partial charge is 0.279 e. The lowest BCUT2D eigenvalue weighted by Gasteiger charge is -2.23. The van der Waals surface area contributed by atoms with Crippen molar-refractivity contribution in [2.24, 2.45) is 5.73 Å². The molecule has 0 aliphatic rings. The molecule has 3 N–H and O–H groups in total. The molecule has 6 heteroatoms. The highest BCUT2D eigenvalue weighted by atomic mass is 32.2. The van der Waals surface area contributed by atoms with Gasteiger partial charge in [0.15, 0.2) is 0 Å². The second-order valence-electron chi connectivity index (χ2n) is 3.78. The molecule has 98 valence electrons. The Balaban J connectivity index is 4.41. The van der Waals surface area contributed by atoms with E-state index in [0.717, 1.165) is 19.3 Å². The van der Waals surface area contributed by atoms with Crippen LogP contribution in [-0.2, 0) is 10.2 Å². The molecule has 0 bridgehead atoms. The Kier molecular flexibility index (Phi) is 7.91. The Morgan fingerprint density at radius 2 is 1.81 bits per heavy atom. The third-order valence-corrected chi connectivity index (χ3v) is 4.38. The van der Waals surface area contributed by atoms with Crippen LogP contribution in [0.3, 0.4) is 0 Å². The molecule has 1 atom stereocenters. The van der Waals surface area contributed by atoms with Gasteiger partial charge in [0.05, 0.1) is 0 Å². The van der Waals surface area contributed by atoms with Gasteiger partial charge in [-0.1, -0.05) is 33.6 Å². The average Bonchev–Trinajstić information content (AvgIpc) is 2.25. The first-order valence-electron chi connectivity index (χ1n) is 5.99. The molecule has 0 amide bonds. The van der Waals surface area contributed by atoms with Gasteiger partial charge in [0.25, 0.3) is 10.2 Å². The van der Waals surface area contributed by atoms with Crippen molar-refractivity contribution in [1.29, 1.82) is 0 Å². The summed E-state index contributed by atoms with van der Waals surface area (Å²) < 4.78 is 27.8. The van der Waals surface area contributed by atoms with E-state index in [1.807, 2.05) is 13.8 Å². The van der Waals surface area contributed by atoms with Crippen LogP contribution in [0.25, 0.3) is 0 Å². The maximum absolute atomic E-state index is 11.9. The normalized spacial score (nSPS) is 14.3. The Morgan fingerprint density at radius 3 is 2.19 bits per heavy atom. The molecule has 16 heavy (non-hydrogen) atoms. The van der Waals surface area contributed by atoms with Crippen LogP contribution in [0.5, 0.6) is 0 Å². The van der Waals surface area contributed by atoms with Gasteiger partial charge in [-0.15, -0.1) is 0 Å². The van der Waals surface area contributed by atoms with Crippen LogP contribution >= 0.6 is 0 Å². The van der Waals surface area contributed by atoms with Crippen LogP contribution in [-0.4, -0.2) is 38.4 Å². The molecule has 0 radical (unpaired) electrons. The molecule has 1 unspecified atom stereocenters. The summed E-state index contributed by atoms with van der Waals surface area (Å²) in [7, 11) is -3.36. The van der Waals surface area contributed by atoms with Gasteiger partial charge in [0.1, 0.15) is 0 Å². The van der Waals surface area contributed by atoms with Crippen molar-refractivity contribution in [1.82, 2.24) is 9.03 Å². The highest BCUT2D eigenvalue weighted by molar-refractivity contribution is 7.87. The summed E-state index contributed by atoms with van der Waals surface area (Å²) in [6.07, 6.45) is 2.83. The van der Waals surface area contributed by atoms with Crippen molar-refractivity contribution in [3.63, 3.8) is 0 Å². The Hall–Kier alpha value is -0.170. The van der Waals surface area contributed by atoms with Crippen LogP contribution in [0.4, 0.5) is 0 Å². The highest BCUT2D eigenvalue weighted by Gasteiger charge is 2.21. The number of rotatable bonds is 9. The summed E-state index contributed by atoms with van der Waals surface area (Å²) >= 11 is 0. The summed E-state index contributed by atoms with van der Waals surface area (Å²) in [6.45, 7) is 7.04. The van der Waals surface area contributed by atoms with Crippen LogP contribution in [0.2, 0.25) is 0 Å². The van der Waals surface area contributed by atoms with Crippen molar-refractivity contribution < 1.29 is 8.42 Å². The SMILES string of the molecule is CCCCC(CN)NS(=O)(=O)N(CC)CC. The quantitative estimate of drug-likeness (QED) is 0.633. The fourth-order valence-electron chi connectivity index (χ4n) is 1.52. The summed E-state index contributed by atoms with van der Waals surface area (Å²) in [5, 5.41) is 0. The number of nitrogens with zero attached hydrogens (tertiary/aromatic N) is 1. The molecular formula is C10H25N3O2S. The van der Waals surface area contributed by atoms with E-state index in [9.17, 15) is 8.42 Å². The summed E-state index contributed by atoms with van der Waals surface area (Å²) in [5.41, 5.74) is 5.56. The van der Waals surface area contributed by atoms with Crippen LogP contribution in [0, 0.1) is 0 Å². The second kappa shape index (κ2) is 8.00. The first-order valence-corrected chi connectivity index (χ1v) is 7.43. The largest absolute Gasteiger partial charge is 0.329 e. The fourth-order valence-corrected chi connectivity index (χ4v) is 2.99. The van der Waals surface area contributed by atoms with E-state index in [4.69, 9.17) is 5.73 Å². The lowest BCUT2D eigenvalue weighted by atomic mass is 10.1. The molecule has 0 aliphatic heterocycles. The number of hydrogen-bond donors (Lipinski definition) is 2. The first kappa shape index (κ1) is 15.8. The molecule has 0 spiro atoms. The maximum Gasteiger partial charge on any atom is 0.279 e. The van der Waals surface area contributed by atoms with Crippen molar-refractivity contribution in [3.05, 3.63) is 0 Å². The Morgan fingerprint density at radius 1 is 1.25 bits per heavy atom. The predicted molar refractivity (Wildman–Crippen MR) is 67.3 cm³/mol. The molecule has 0 heterocycles. The van der Waals surface area contributed by atoms with E-state index in [1.165, 1.54) is 4.31 Å². The monoisotopic (exact) mass is 251 g/mol. The molecule has 0 rings (SSSR count). The minimum Gasteiger partial charge on any atom is -0.329 e. The maximum atomic E-state index is 11.9. The lowest BCUT2D eigenvalue weighted by Crippen LogP contribution is -2.47. The van der Waals surface area contributed by atoms with Gasteiger partial charge in [-0.3, -0.25) is 0 Å². The topological polar surface area (TPSA) is 75.4 Å². The van der Waals surface area contributed by atoms with E-state index >= 15 is 0 Å². The molecule has 0 aromatic carbocycles. The molecule has 0 fully saturated rings. The molecule has 5 nitrogen and oxygen atoms in total. The first-order chi connectivity index (χ1) is 7.51. The van der Waals surface area contributed by atoms with E-state index in [0.29, 0.717) is 19.6 Å². The molecule has 0 aliphatic carbocycles. The molecular weight excluding hydrogens is 226 g/mol. The third-order valence-electron chi connectivity index (χ3n) is 2.55.